The molecule has 78 valence electrons. The number of ether oxygens (including phenoxy) is 2. The molecule has 0 bridgehead atoms. The molecule has 0 saturated carbocycles. The number of hydrogen-bond acceptors (Lipinski definition) is 3. The van der Waals surface area contributed by atoms with Crippen molar-refractivity contribution in [3.8, 4) is 0 Å². The molecular weight excluding hydrogens is 170 g/mol. The second-order valence-corrected chi connectivity index (χ2v) is 3.27. The van der Waals surface area contributed by atoms with Crippen molar-refractivity contribution >= 4 is 5.91 Å². The molecule has 0 heterocycles. The van der Waals surface area contributed by atoms with E-state index >= 15 is 0 Å². The maximum Gasteiger partial charge on any atom is 0.222 e. The van der Waals surface area contributed by atoms with E-state index in [0.29, 0.717) is 13.2 Å². The molecule has 0 fully saturated rings. The molecule has 1 amide bonds. The van der Waals surface area contributed by atoms with Crippen LogP contribution in [0, 0.1) is 5.92 Å². The van der Waals surface area contributed by atoms with E-state index in [2.05, 4.69) is 5.32 Å². The predicted octanol–water partition coefficient (Wildman–Crippen LogP) is 0.420. The molecule has 0 unspecified atom stereocenters. The van der Waals surface area contributed by atoms with Gasteiger partial charge in [0.15, 0.2) is 0 Å². The molecule has 0 aliphatic rings. The average Bonchev–Trinajstić information content (AvgIpc) is 2.05. The van der Waals surface area contributed by atoms with Crippen LogP contribution in [0.4, 0.5) is 0 Å². The number of amides is 1. The van der Waals surface area contributed by atoms with Crippen LogP contribution in [0.5, 0.6) is 0 Å². The minimum absolute atomic E-state index is 0.00351. The molecule has 0 aromatic rings. The molecule has 4 nitrogen and oxygen atoms in total. The van der Waals surface area contributed by atoms with E-state index in [1.54, 1.807) is 14.2 Å². The minimum Gasteiger partial charge on any atom is -0.382 e. The molecule has 1 N–H and O–H groups in total. The highest BCUT2D eigenvalue weighted by molar-refractivity contribution is 5.78. The zero-order valence-electron chi connectivity index (χ0n) is 8.79. The minimum atomic E-state index is -0.0510. The fourth-order valence-electron chi connectivity index (χ4n) is 0.902. The van der Waals surface area contributed by atoms with Crippen LogP contribution in [0.3, 0.4) is 0 Å². The van der Waals surface area contributed by atoms with Crippen molar-refractivity contribution in [3.05, 3.63) is 0 Å². The van der Waals surface area contributed by atoms with Gasteiger partial charge >= 0.3 is 0 Å². The highest BCUT2D eigenvalue weighted by Gasteiger charge is 2.13. The molecule has 0 saturated heterocycles. The van der Waals surface area contributed by atoms with Gasteiger partial charge in [0.05, 0.1) is 19.3 Å². The van der Waals surface area contributed by atoms with Gasteiger partial charge in [-0.2, -0.15) is 0 Å². The van der Waals surface area contributed by atoms with Crippen LogP contribution in [0.2, 0.25) is 0 Å². The standard InChI is InChI=1S/C9H19NO3/c1-7(2)9(11)10-8(5-12-3)6-13-4/h7-8H,5-6H2,1-4H3,(H,10,11). The fraction of sp³-hybridized carbons (Fsp3) is 0.889. The van der Waals surface area contributed by atoms with Crippen molar-refractivity contribution in [2.75, 3.05) is 27.4 Å². The van der Waals surface area contributed by atoms with Gasteiger partial charge in [-0.05, 0) is 0 Å². The molecule has 0 aliphatic heterocycles. The van der Waals surface area contributed by atoms with Crippen molar-refractivity contribution in [2.24, 2.45) is 5.92 Å². The quantitative estimate of drug-likeness (QED) is 0.658. The van der Waals surface area contributed by atoms with Gasteiger partial charge in [0.1, 0.15) is 0 Å². The maximum absolute atomic E-state index is 11.3. The summed E-state index contributed by atoms with van der Waals surface area (Å²) in [6, 6.07) is -0.0510. The lowest BCUT2D eigenvalue weighted by molar-refractivity contribution is -0.125. The molecule has 0 radical (unpaired) electrons. The molecule has 0 atom stereocenters. The van der Waals surface area contributed by atoms with Crippen LogP contribution in [-0.2, 0) is 14.3 Å². The summed E-state index contributed by atoms with van der Waals surface area (Å²) < 4.78 is 9.88. The number of hydrogen-bond donors (Lipinski definition) is 1. The topological polar surface area (TPSA) is 47.6 Å². The van der Waals surface area contributed by atoms with Gasteiger partial charge in [0.2, 0.25) is 5.91 Å². The SMILES string of the molecule is COCC(COC)NC(=O)C(C)C. The zero-order valence-corrected chi connectivity index (χ0v) is 8.79. The monoisotopic (exact) mass is 189 g/mol. The van der Waals surface area contributed by atoms with E-state index in [4.69, 9.17) is 9.47 Å². The van der Waals surface area contributed by atoms with Crippen LogP contribution in [0.15, 0.2) is 0 Å². The van der Waals surface area contributed by atoms with E-state index in [0.717, 1.165) is 0 Å². The Morgan fingerprint density at radius 3 is 2.00 bits per heavy atom. The highest BCUT2D eigenvalue weighted by Crippen LogP contribution is 1.94. The Balaban J connectivity index is 3.86. The summed E-state index contributed by atoms with van der Waals surface area (Å²) in [4.78, 5) is 11.3. The second-order valence-electron chi connectivity index (χ2n) is 3.27. The molecule has 0 spiro atoms. The molecule has 0 aromatic heterocycles. The highest BCUT2D eigenvalue weighted by atomic mass is 16.5. The van der Waals surface area contributed by atoms with Crippen molar-refractivity contribution < 1.29 is 14.3 Å². The maximum atomic E-state index is 11.3. The summed E-state index contributed by atoms with van der Waals surface area (Å²) in [6.07, 6.45) is 0. The first-order valence-corrected chi connectivity index (χ1v) is 4.40. The van der Waals surface area contributed by atoms with Gasteiger partial charge < -0.3 is 14.8 Å². The lowest BCUT2D eigenvalue weighted by Crippen LogP contribution is -2.42. The molecule has 13 heavy (non-hydrogen) atoms. The van der Waals surface area contributed by atoms with E-state index in [1.807, 2.05) is 13.8 Å². The normalized spacial score (nSPS) is 10.9. The average molecular weight is 189 g/mol. The molecule has 0 aromatic carbocycles. The number of carbonyl (C=O) groups is 1. The Labute approximate surface area is 79.6 Å². The van der Waals surface area contributed by atoms with Gasteiger partial charge in [-0.25, -0.2) is 0 Å². The predicted molar refractivity (Wildman–Crippen MR) is 50.5 cm³/mol. The smallest absolute Gasteiger partial charge is 0.222 e. The van der Waals surface area contributed by atoms with Gasteiger partial charge in [0, 0.05) is 20.1 Å². The summed E-state index contributed by atoms with van der Waals surface area (Å²) in [5.41, 5.74) is 0. The Morgan fingerprint density at radius 2 is 1.69 bits per heavy atom. The Kier molecular flexibility index (Phi) is 6.54. The number of methoxy groups -OCH3 is 2. The van der Waals surface area contributed by atoms with Gasteiger partial charge in [-0.15, -0.1) is 0 Å². The van der Waals surface area contributed by atoms with E-state index < -0.39 is 0 Å². The molecular formula is C9H19NO3. The summed E-state index contributed by atoms with van der Waals surface area (Å²) in [5, 5.41) is 2.83. The molecule has 4 heteroatoms. The fourth-order valence-corrected chi connectivity index (χ4v) is 0.902. The van der Waals surface area contributed by atoms with E-state index in [-0.39, 0.29) is 17.9 Å². The summed E-state index contributed by atoms with van der Waals surface area (Å²) in [6.45, 7) is 4.66. The lowest BCUT2D eigenvalue weighted by Gasteiger charge is -2.18. The summed E-state index contributed by atoms with van der Waals surface area (Å²) >= 11 is 0. The van der Waals surface area contributed by atoms with Crippen molar-refractivity contribution in [3.63, 3.8) is 0 Å². The van der Waals surface area contributed by atoms with Crippen molar-refractivity contribution in [2.45, 2.75) is 19.9 Å². The third-order valence-corrected chi connectivity index (χ3v) is 1.61. The largest absolute Gasteiger partial charge is 0.382 e. The Morgan fingerprint density at radius 1 is 1.23 bits per heavy atom. The van der Waals surface area contributed by atoms with Crippen LogP contribution < -0.4 is 5.32 Å². The van der Waals surface area contributed by atoms with Gasteiger partial charge in [-0.3, -0.25) is 4.79 Å². The Hall–Kier alpha value is -0.610. The number of carbonyl (C=O) groups excluding carboxylic acids is 1. The first kappa shape index (κ1) is 12.4. The zero-order chi connectivity index (χ0) is 10.3. The first-order chi connectivity index (χ1) is 6.11. The lowest BCUT2D eigenvalue weighted by atomic mass is 10.2. The van der Waals surface area contributed by atoms with E-state index in [9.17, 15) is 4.79 Å². The van der Waals surface area contributed by atoms with Crippen LogP contribution >= 0.6 is 0 Å². The number of nitrogens with one attached hydrogen (secondary N) is 1. The third-order valence-electron chi connectivity index (χ3n) is 1.61. The van der Waals surface area contributed by atoms with Crippen LogP contribution in [-0.4, -0.2) is 39.4 Å². The van der Waals surface area contributed by atoms with Crippen LogP contribution in [0.25, 0.3) is 0 Å². The molecule has 0 aliphatic carbocycles. The number of rotatable bonds is 6. The summed E-state index contributed by atoms with van der Waals surface area (Å²) in [5.74, 6) is 0.0234. The van der Waals surface area contributed by atoms with Crippen molar-refractivity contribution in [1.82, 2.24) is 5.32 Å². The van der Waals surface area contributed by atoms with Crippen molar-refractivity contribution in [1.29, 1.82) is 0 Å². The van der Waals surface area contributed by atoms with Gasteiger partial charge in [-0.1, -0.05) is 13.8 Å². The third kappa shape index (κ3) is 5.60. The first-order valence-electron chi connectivity index (χ1n) is 4.40. The van der Waals surface area contributed by atoms with Gasteiger partial charge in [0.25, 0.3) is 0 Å². The van der Waals surface area contributed by atoms with E-state index in [1.165, 1.54) is 0 Å². The van der Waals surface area contributed by atoms with Crippen LogP contribution in [0.1, 0.15) is 13.8 Å². The second kappa shape index (κ2) is 6.86. The molecule has 0 rings (SSSR count). The summed E-state index contributed by atoms with van der Waals surface area (Å²) in [7, 11) is 3.20. The Bertz CT molecular complexity index is 142.